The molecule has 3 N–H and O–H groups in total. The van der Waals surface area contributed by atoms with Gasteiger partial charge in [0.25, 0.3) is 5.91 Å². The van der Waals surface area contributed by atoms with Crippen molar-refractivity contribution in [3.8, 4) is 11.5 Å². The molecule has 0 aliphatic carbocycles. The fourth-order valence-corrected chi connectivity index (χ4v) is 2.48. The molecule has 1 saturated heterocycles. The molecular weight excluding hydrogens is 280 g/mol. The van der Waals surface area contributed by atoms with Crippen LogP contribution in [0.15, 0.2) is 18.2 Å². The Bertz CT molecular complexity index is 468. The third-order valence-corrected chi connectivity index (χ3v) is 3.59. The molecule has 1 aromatic carbocycles. The zero-order valence-corrected chi connectivity index (χ0v) is 12.4. The molecule has 1 heterocycles. The summed E-state index contributed by atoms with van der Waals surface area (Å²) in [6, 6.07) is 4.74. The smallest absolute Gasteiger partial charge is 0.258 e. The van der Waals surface area contributed by atoms with E-state index in [0.717, 1.165) is 19.3 Å². The zero-order valence-electron chi connectivity index (χ0n) is 11.5. The first-order valence-corrected chi connectivity index (χ1v) is 6.55. The molecule has 0 aromatic heterocycles. The molecule has 0 bridgehead atoms. The number of phenolic OH excluding ortho intramolecular Hbond substituents is 1. The molecule has 1 amide bonds. The minimum Gasteiger partial charge on any atom is -0.507 e. The SMILES string of the molecule is COc1ccc(O)c(C(=O)N2CCCCC2CN)c1.Cl. The first kappa shape index (κ1) is 16.6. The second kappa shape index (κ2) is 7.36. The van der Waals surface area contributed by atoms with Crippen LogP contribution in [-0.2, 0) is 0 Å². The highest BCUT2D eigenvalue weighted by molar-refractivity contribution is 5.97. The molecule has 20 heavy (non-hydrogen) atoms. The molecular formula is C14H21ClN2O3. The maximum absolute atomic E-state index is 12.5. The number of likely N-dealkylation sites (tertiary alicyclic amines) is 1. The standard InChI is InChI=1S/C14H20N2O3.ClH/c1-19-11-5-6-13(17)12(8-11)14(18)16-7-3-2-4-10(16)9-15;/h5-6,8,10,17H,2-4,7,9,15H2,1H3;1H. The number of carbonyl (C=O) groups excluding carboxylic acids is 1. The lowest BCUT2D eigenvalue weighted by atomic mass is 10.0. The Kier molecular flexibility index (Phi) is 6.10. The molecule has 1 aliphatic heterocycles. The zero-order chi connectivity index (χ0) is 13.8. The number of hydrogen-bond donors (Lipinski definition) is 2. The number of amides is 1. The van der Waals surface area contributed by atoms with E-state index >= 15 is 0 Å². The first-order chi connectivity index (χ1) is 9.17. The summed E-state index contributed by atoms with van der Waals surface area (Å²) in [6.45, 7) is 1.15. The number of piperidine rings is 1. The fourth-order valence-electron chi connectivity index (χ4n) is 2.48. The van der Waals surface area contributed by atoms with Crippen LogP contribution in [0.25, 0.3) is 0 Å². The maximum atomic E-state index is 12.5. The molecule has 1 aliphatic rings. The molecule has 0 radical (unpaired) electrons. The number of carbonyl (C=O) groups is 1. The van der Waals surface area contributed by atoms with E-state index in [4.69, 9.17) is 10.5 Å². The predicted molar refractivity (Wildman–Crippen MR) is 79.6 cm³/mol. The Balaban J connectivity index is 0.00000200. The van der Waals surface area contributed by atoms with Crippen molar-refractivity contribution in [1.29, 1.82) is 0 Å². The molecule has 0 spiro atoms. The van der Waals surface area contributed by atoms with Gasteiger partial charge in [0.15, 0.2) is 0 Å². The highest BCUT2D eigenvalue weighted by Crippen LogP contribution is 2.27. The number of benzene rings is 1. The van der Waals surface area contributed by atoms with Gasteiger partial charge in [0, 0.05) is 19.1 Å². The molecule has 6 heteroatoms. The van der Waals surface area contributed by atoms with E-state index in [2.05, 4.69) is 0 Å². The van der Waals surface area contributed by atoms with Gasteiger partial charge in [-0.25, -0.2) is 0 Å². The predicted octanol–water partition coefficient (Wildman–Crippen LogP) is 1.78. The van der Waals surface area contributed by atoms with Crippen molar-refractivity contribution in [2.24, 2.45) is 5.73 Å². The van der Waals surface area contributed by atoms with E-state index in [0.29, 0.717) is 18.8 Å². The number of phenols is 1. The van der Waals surface area contributed by atoms with E-state index in [9.17, 15) is 9.90 Å². The van der Waals surface area contributed by atoms with Gasteiger partial charge in [-0.1, -0.05) is 0 Å². The van der Waals surface area contributed by atoms with Gasteiger partial charge in [-0.05, 0) is 37.5 Å². The van der Waals surface area contributed by atoms with E-state index < -0.39 is 0 Å². The van der Waals surface area contributed by atoms with Gasteiger partial charge in [-0.15, -0.1) is 12.4 Å². The molecule has 1 fully saturated rings. The van der Waals surface area contributed by atoms with Crippen molar-refractivity contribution in [3.63, 3.8) is 0 Å². The van der Waals surface area contributed by atoms with Gasteiger partial charge >= 0.3 is 0 Å². The van der Waals surface area contributed by atoms with Gasteiger partial charge in [-0.2, -0.15) is 0 Å². The normalized spacial score (nSPS) is 18.3. The number of nitrogens with two attached hydrogens (primary N) is 1. The van der Waals surface area contributed by atoms with Crippen LogP contribution in [0.2, 0.25) is 0 Å². The topological polar surface area (TPSA) is 75.8 Å². The summed E-state index contributed by atoms with van der Waals surface area (Å²) in [4.78, 5) is 14.3. The summed E-state index contributed by atoms with van der Waals surface area (Å²) < 4.78 is 5.09. The Labute approximate surface area is 125 Å². The minimum absolute atomic E-state index is 0. The summed E-state index contributed by atoms with van der Waals surface area (Å²) in [5.41, 5.74) is 6.00. The van der Waals surface area contributed by atoms with Crippen LogP contribution in [0.1, 0.15) is 29.6 Å². The van der Waals surface area contributed by atoms with Gasteiger partial charge in [-0.3, -0.25) is 4.79 Å². The average molecular weight is 301 g/mol. The number of ether oxygens (including phenoxy) is 1. The van der Waals surface area contributed by atoms with Crippen molar-refractivity contribution >= 4 is 18.3 Å². The van der Waals surface area contributed by atoms with Crippen molar-refractivity contribution in [2.75, 3.05) is 20.2 Å². The van der Waals surface area contributed by atoms with Crippen molar-refractivity contribution in [2.45, 2.75) is 25.3 Å². The second-order valence-corrected chi connectivity index (χ2v) is 4.77. The average Bonchev–Trinajstić information content (AvgIpc) is 2.47. The second-order valence-electron chi connectivity index (χ2n) is 4.77. The number of halogens is 1. The first-order valence-electron chi connectivity index (χ1n) is 6.55. The number of aromatic hydroxyl groups is 1. The Hall–Kier alpha value is -1.46. The van der Waals surface area contributed by atoms with Crippen LogP contribution < -0.4 is 10.5 Å². The van der Waals surface area contributed by atoms with Crippen LogP contribution in [0, 0.1) is 0 Å². The molecule has 1 aromatic rings. The van der Waals surface area contributed by atoms with Crippen LogP contribution in [0.5, 0.6) is 11.5 Å². The van der Waals surface area contributed by atoms with Crippen LogP contribution in [-0.4, -0.2) is 42.2 Å². The van der Waals surface area contributed by atoms with Gasteiger partial charge < -0.3 is 20.5 Å². The van der Waals surface area contributed by atoms with E-state index in [1.807, 2.05) is 0 Å². The van der Waals surface area contributed by atoms with Gasteiger partial charge in [0.05, 0.1) is 12.7 Å². The van der Waals surface area contributed by atoms with Crippen LogP contribution in [0.4, 0.5) is 0 Å². The fraction of sp³-hybridized carbons (Fsp3) is 0.500. The summed E-state index contributed by atoms with van der Waals surface area (Å²) >= 11 is 0. The third-order valence-electron chi connectivity index (χ3n) is 3.59. The Morgan fingerprint density at radius 2 is 2.25 bits per heavy atom. The van der Waals surface area contributed by atoms with Crippen molar-refractivity contribution < 1.29 is 14.6 Å². The van der Waals surface area contributed by atoms with Crippen LogP contribution in [0.3, 0.4) is 0 Å². The highest BCUT2D eigenvalue weighted by atomic mass is 35.5. The number of nitrogens with zero attached hydrogens (tertiary/aromatic N) is 1. The molecule has 5 nitrogen and oxygen atoms in total. The number of hydrogen-bond acceptors (Lipinski definition) is 4. The van der Waals surface area contributed by atoms with E-state index in [-0.39, 0.29) is 35.7 Å². The monoisotopic (exact) mass is 300 g/mol. The van der Waals surface area contributed by atoms with Crippen molar-refractivity contribution in [3.05, 3.63) is 23.8 Å². The summed E-state index contributed by atoms with van der Waals surface area (Å²) in [7, 11) is 1.53. The number of rotatable bonds is 3. The van der Waals surface area contributed by atoms with Gasteiger partial charge in [0.1, 0.15) is 11.5 Å². The summed E-state index contributed by atoms with van der Waals surface area (Å²) in [6.07, 6.45) is 3.00. The minimum atomic E-state index is -0.174. The number of methoxy groups -OCH3 is 1. The van der Waals surface area contributed by atoms with Gasteiger partial charge in [0.2, 0.25) is 0 Å². The van der Waals surface area contributed by atoms with E-state index in [1.54, 1.807) is 17.0 Å². The van der Waals surface area contributed by atoms with E-state index in [1.165, 1.54) is 13.2 Å². The van der Waals surface area contributed by atoms with Crippen molar-refractivity contribution in [1.82, 2.24) is 4.90 Å². The highest BCUT2D eigenvalue weighted by Gasteiger charge is 2.28. The lowest BCUT2D eigenvalue weighted by molar-refractivity contribution is 0.0620. The maximum Gasteiger partial charge on any atom is 0.258 e. The van der Waals surface area contributed by atoms with Crippen LogP contribution >= 0.6 is 12.4 Å². The lowest BCUT2D eigenvalue weighted by Gasteiger charge is -2.35. The summed E-state index contributed by atoms with van der Waals surface area (Å²) in [5, 5.41) is 9.86. The summed E-state index contributed by atoms with van der Waals surface area (Å²) in [5.74, 6) is 0.362. The lowest BCUT2D eigenvalue weighted by Crippen LogP contribution is -2.47. The molecule has 1 unspecified atom stereocenters. The molecule has 1 atom stereocenters. The molecule has 2 rings (SSSR count). The quantitative estimate of drug-likeness (QED) is 0.892. The Morgan fingerprint density at radius 1 is 1.50 bits per heavy atom. The molecule has 112 valence electrons. The Morgan fingerprint density at radius 3 is 2.90 bits per heavy atom. The third kappa shape index (κ3) is 3.35. The largest absolute Gasteiger partial charge is 0.507 e. The molecule has 0 saturated carbocycles.